The predicted octanol–water partition coefficient (Wildman–Crippen LogP) is 5.12. The van der Waals surface area contributed by atoms with Crippen LogP contribution >= 0.6 is 23.4 Å². The third kappa shape index (κ3) is 2.60. The molecule has 0 bridgehead atoms. The summed E-state index contributed by atoms with van der Waals surface area (Å²) in [5.74, 6) is 0.929. The highest BCUT2D eigenvalue weighted by Crippen LogP contribution is 2.46. The number of aromatic nitrogens is 2. The fourth-order valence-electron chi connectivity index (χ4n) is 2.75. The molecule has 0 saturated heterocycles. The molecular weight excluding hydrogens is 342 g/mol. The van der Waals surface area contributed by atoms with Crippen LogP contribution in [0.4, 0.5) is 5.82 Å². The van der Waals surface area contributed by atoms with Crippen molar-refractivity contribution in [3.63, 3.8) is 0 Å². The smallest absolute Gasteiger partial charge is 0.161 e. The van der Waals surface area contributed by atoms with Gasteiger partial charge in [-0.2, -0.15) is 5.10 Å². The van der Waals surface area contributed by atoms with Gasteiger partial charge in [-0.05, 0) is 36.8 Å². The summed E-state index contributed by atoms with van der Waals surface area (Å²) >= 11 is 7.75. The molecule has 0 spiro atoms. The van der Waals surface area contributed by atoms with Gasteiger partial charge in [-0.25, -0.2) is 9.67 Å². The zero-order chi connectivity index (χ0) is 16.7. The molecule has 1 N–H and O–H groups in total. The fraction of sp³-hybridized carbons (Fsp3) is 0.111. The van der Waals surface area contributed by atoms with E-state index in [2.05, 4.69) is 5.10 Å². The van der Waals surface area contributed by atoms with Crippen LogP contribution in [0, 0.1) is 0 Å². The van der Waals surface area contributed by atoms with E-state index < -0.39 is 0 Å². The third-order valence-electron chi connectivity index (χ3n) is 3.88. The Bertz CT molecular complexity index is 937. The van der Waals surface area contributed by atoms with Gasteiger partial charge in [0.2, 0.25) is 0 Å². The minimum Gasteiger partial charge on any atom is -0.506 e. The van der Waals surface area contributed by atoms with Crippen LogP contribution in [0.2, 0.25) is 5.02 Å². The zero-order valence-electron chi connectivity index (χ0n) is 12.8. The van der Waals surface area contributed by atoms with E-state index in [1.165, 1.54) is 0 Å². The first-order valence-corrected chi connectivity index (χ1v) is 8.73. The molecule has 1 aromatic heterocycles. The molecule has 2 aromatic carbocycles. The van der Waals surface area contributed by atoms with Crippen LogP contribution in [0.25, 0.3) is 5.69 Å². The summed E-state index contributed by atoms with van der Waals surface area (Å²) in [4.78, 5) is 4.70. The van der Waals surface area contributed by atoms with Gasteiger partial charge in [0.05, 0.1) is 27.2 Å². The number of phenolic OH excluding ortho intramolecular Hbond substituents is 1. The van der Waals surface area contributed by atoms with Crippen molar-refractivity contribution in [1.82, 2.24) is 9.78 Å². The quantitative estimate of drug-likeness (QED) is 0.694. The van der Waals surface area contributed by atoms with E-state index in [9.17, 15) is 5.11 Å². The summed E-state index contributed by atoms with van der Waals surface area (Å²) in [6, 6.07) is 15.3. The van der Waals surface area contributed by atoms with Crippen molar-refractivity contribution < 1.29 is 5.11 Å². The second kappa shape index (κ2) is 6.00. The monoisotopic (exact) mass is 355 g/mol. The molecule has 0 aliphatic carbocycles. The second-order valence-corrected chi connectivity index (χ2v) is 7.22. The highest BCUT2D eigenvalue weighted by atomic mass is 35.5. The van der Waals surface area contributed by atoms with Gasteiger partial charge in [0, 0.05) is 5.56 Å². The van der Waals surface area contributed by atoms with Crippen molar-refractivity contribution in [1.29, 1.82) is 0 Å². The van der Waals surface area contributed by atoms with Crippen molar-refractivity contribution >= 4 is 34.2 Å². The molecule has 1 aliphatic rings. The van der Waals surface area contributed by atoms with Gasteiger partial charge in [-0.15, -0.1) is 0 Å². The first kappa shape index (κ1) is 15.3. The molecule has 120 valence electrons. The van der Waals surface area contributed by atoms with E-state index in [4.69, 9.17) is 16.6 Å². The Morgan fingerprint density at radius 2 is 1.96 bits per heavy atom. The Hall–Kier alpha value is -2.24. The first-order valence-electron chi connectivity index (χ1n) is 7.47. The summed E-state index contributed by atoms with van der Waals surface area (Å²) in [6.07, 6.45) is 1.86. The second-order valence-electron chi connectivity index (χ2n) is 5.51. The molecule has 4 rings (SSSR count). The molecular formula is C18H14ClN3OS. The Morgan fingerprint density at radius 1 is 1.17 bits per heavy atom. The lowest BCUT2D eigenvalue weighted by Gasteiger charge is -2.21. The normalized spacial score (nSPS) is 16.6. The molecule has 3 aromatic rings. The van der Waals surface area contributed by atoms with Crippen molar-refractivity contribution in [2.45, 2.75) is 12.2 Å². The lowest BCUT2D eigenvalue weighted by atomic mass is 10.1. The highest BCUT2D eigenvalue weighted by molar-refractivity contribution is 8.14. The topological polar surface area (TPSA) is 50.4 Å². The highest BCUT2D eigenvalue weighted by Gasteiger charge is 2.28. The van der Waals surface area contributed by atoms with Crippen LogP contribution in [-0.4, -0.2) is 19.9 Å². The molecule has 4 nitrogen and oxygen atoms in total. The summed E-state index contributed by atoms with van der Waals surface area (Å²) in [7, 11) is 0. The van der Waals surface area contributed by atoms with E-state index in [0.717, 1.165) is 27.7 Å². The number of hydrogen-bond donors (Lipinski definition) is 1. The van der Waals surface area contributed by atoms with Crippen LogP contribution < -0.4 is 0 Å². The minimum absolute atomic E-state index is 0.0491. The Balaban J connectivity index is 1.84. The Kier molecular flexibility index (Phi) is 3.82. The number of benzene rings is 2. The Labute approximate surface area is 148 Å². The van der Waals surface area contributed by atoms with E-state index in [0.29, 0.717) is 5.02 Å². The Morgan fingerprint density at radius 3 is 2.71 bits per heavy atom. The number of rotatable bonds is 2. The maximum Gasteiger partial charge on any atom is 0.161 e. The predicted molar refractivity (Wildman–Crippen MR) is 98.9 cm³/mol. The van der Waals surface area contributed by atoms with E-state index in [1.807, 2.05) is 54.2 Å². The van der Waals surface area contributed by atoms with Gasteiger partial charge in [-0.3, -0.25) is 0 Å². The van der Waals surface area contributed by atoms with Gasteiger partial charge in [0.1, 0.15) is 5.75 Å². The van der Waals surface area contributed by atoms with Crippen LogP contribution in [-0.2, 0) is 0 Å². The van der Waals surface area contributed by atoms with Crippen LogP contribution in [0.15, 0.2) is 59.7 Å². The molecule has 1 atom stereocenters. The van der Waals surface area contributed by atoms with Gasteiger partial charge < -0.3 is 5.11 Å². The number of fused-ring (bicyclic) bond motifs is 1. The fourth-order valence-corrected chi connectivity index (χ4v) is 4.00. The summed E-state index contributed by atoms with van der Waals surface area (Å²) in [5, 5.41) is 15.6. The molecule has 1 aliphatic heterocycles. The lowest BCUT2D eigenvalue weighted by molar-refractivity contribution is 0.475. The van der Waals surface area contributed by atoms with Crippen LogP contribution in [0.3, 0.4) is 0 Å². The number of halogens is 1. The summed E-state index contributed by atoms with van der Waals surface area (Å²) in [5.41, 5.74) is 3.03. The average molecular weight is 356 g/mol. The number of hydrogen-bond acceptors (Lipinski definition) is 4. The number of nitrogens with zero attached hydrogens (tertiary/aromatic N) is 3. The molecule has 0 amide bonds. The zero-order valence-corrected chi connectivity index (χ0v) is 14.4. The van der Waals surface area contributed by atoms with Crippen LogP contribution in [0.5, 0.6) is 5.75 Å². The number of thioether (sulfide) groups is 1. The number of aliphatic imine (C=N–C) groups is 1. The van der Waals surface area contributed by atoms with Crippen molar-refractivity contribution in [3.05, 3.63) is 70.9 Å². The van der Waals surface area contributed by atoms with Crippen molar-refractivity contribution in [2.24, 2.45) is 4.99 Å². The number of phenols is 1. The SMILES string of the molecule is CC1=Nc2c(cnn2-c2ccccc2)C(c2ccc(O)c(Cl)c2)S1. The minimum atomic E-state index is 0.0491. The number of aromatic hydroxyl groups is 1. The molecule has 24 heavy (non-hydrogen) atoms. The first-order chi connectivity index (χ1) is 11.6. The van der Waals surface area contributed by atoms with Gasteiger partial charge in [0.25, 0.3) is 0 Å². The van der Waals surface area contributed by atoms with E-state index >= 15 is 0 Å². The van der Waals surface area contributed by atoms with E-state index in [-0.39, 0.29) is 11.0 Å². The van der Waals surface area contributed by atoms with Crippen molar-refractivity contribution in [3.8, 4) is 11.4 Å². The third-order valence-corrected chi connectivity index (χ3v) is 5.38. The molecule has 2 heterocycles. The van der Waals surface area contributed by atoms with Crippen molar-refractivity contribution in [2.75, 3.05) is 0 Å². The maximum absolute atomic E-state index is 9.66. The van der Waals surface area contributed by atoms with Gasteiger partial charge in [-0.1, -0.05) is 47.6 Å². The number of para-hydroxylation sites is 1. The van der Waals surface area contributed by atoms with Gasteiger partial charge in [0.15, 0.2) is 5.82 Å². The standard InChI is InChI=1S/C18H14ClN3OS/c1-11-21-18-14(10-20-22(18)13-5-3-2-4-6-13)17(24-11)12-7-8-16(23)15(19)9-12/h2-10,17,23H,1H3. The van der Waals surface area contributed by atoms with Crippen LogP contribution in [0.1, 0.15) is 23.3 Å². The molecule has 0 radical (unpaired) electrons. The molecule has 0 saturated carbocycles. The lowest BCUT2D eigenvalue weighted by Crippen LogP contribution is -2.05. The average Bonchev–Trinajstić information content (AvgIpc) is 3.01. The maximum atomic E-state index is 9.66. The van der Waals surface area contributed by atoms with E-state index in [1.54, 1.807) is 23.9 Å². The largest absolute Gasteiger partial charge is 0.506 e. The molecule has 6 heteroatoms. The summed E-state index contributed by atoms with van der Waals surface area (Å²) < 4.78 is 1.85. The van der Waals surface area contributed by atoms with Gasteiger partial charge >= 0.3 is 0 Å². The molecule has 0 fully saturated rings. The molecule has 1 unspecified atom stereocenters. The summed E-state index contributed by atoms with van der Waals surface area (Å²) in [6.45, 7) is 1.99.